The number of halogens is 2. The maximum Gasteiger partial charge on any atom is 0.123 e. The molecule has 0 spiro atoms. The predicted octanol–water partition coefficient (Wildman–Crippen LogP) is 3.67. The van der Waals surface area contributed by atoms with Crippen LogP contribution in [0.4, 0.5) is 4.39 Å². The molecule has 0 amide bonds. The summed E-state index contributed by atoms with van der Waals surface area (Å²) in [6.07, 6.45) is 1.68. The van der Waals surface area contributed by atoms with E-state index in [-0.39, 0.29) is 11.9 Å². The van der Waals surface area contributed by atoms with Crippen LogP contribution in [0.25, 0.3) is 0 Å². The van der Waals surface area contributed by atoms with E-state index in [0.29, 0.717) is 10.8 Å². The molecule has 0 aliphatic heterocycles. The molecule has 94 valence electrons. The number of thioether (sulfide) groups is 1. The summed E-state index contributed by atoms with van der Waals surface area (Å²) in [5.74, 6) is 0.323. The zero-order chi connectivity index (χ0) is 13.0. The quantitative estimate of drug-likeness (QED) is 0.870. The number of pyridine rings is 1. The summed E-state index contributed by atoms with van der Waals surface area (Å²) in [4.78, 5) is 4.16. The van der Waals surface area contributed by atoms with E-state index in [2.05, 4.69) is 4.98 Å². The molecule has 2 aromatic rings. The number of nitrogens with two attached hydrogens (primary N) is 1. The van der Waals surface area contributed by atoms with Crippen molar-refractivity contribution in [2.45, 2.75) is 11.1 Å². The van der Waals surface area contributed by atoms with Crippen molar-refractivity contribution in [1.29, 1.82) is 0 Å². The van der Waals surface area contributed by atoms with Crippen LogP contribution in [0.2, 0.25) is 5.02 Å². The Labute approximate surface area is 114 Å². The lowest BCUT2D eigenvalue weighted by Gasteiger charge is -2.11. The molecule has 0 bridgehead atoms. The minimum Gasteiger partial charge on any atom is -0.323 e. The van der Waals surface area contributed by atoms with Crippen molar-refractivity contribution in [3.05, 3.63) is 59.0 Å². The number of benzene rings is 1. The number of hydrogen-bond acceptors (Lipinski definition) is 3. The van der Waals surface area contributed by atoms with E-state index in [0.717, 1.165) is 10.6 Å². The van der Waals surface area contributed by atoms with Crippen molar-refractivity contribution in [2.24, 2.45) is 5.73 Å². The van der Waals surface area contributed by atoms with E-state index in [4.69, 9.17) is 17.3 Å². The Morgan fingerprint density at radius 3 is 2.89 bits per heavy atom. The molecule has 0 saturated carbocycles. The summed E-state index contributed by atoms with van der Waals surface area (Å²) in [7, 11) is 0. The van der Waals surface area contributed by atoms with Gasteiger partial charge in [0.1, 0.15) is 10.8 Å². The van der Waals surface area contributed by atoms with Gasteiger partial charge in [0.2, 0.25) is 0 Å². The maximum absolute atomic E-state index is 13.1. The number of hydrogen-bond donors (Lipinski definition) is 1. The Hall–Kier alpha value is -1.10. The van der Waals surface area contributed by atoms with Gasteiger partial charge in [0, 0.05) is 18.0 Å². The molecule has 0 fully saturated rings. The van der Waals surface area contributed by atoms with Gasteiger partial charge in [-0.1, -0.05) is 23.7 Å². The fourth-order valence-corrected chi connectivity index (χ4v) is 2.64. The first kappa shape index (κ1) is 13.3. The Kier molecular flexibility index (Phi) is 4.58. The third-order valence-electron chi connectivity index (χ3n) is 2.40. The van der Waals surface area contributed by atoms with Gasteiger partial charge in [-0.05, 0) is 29.8 Å². The Morgan fingerprint density at radius 2 is 2.17 bits per heavy atom. The third kappa shape index (κ3) is 3.45. The molecular formula is C13H12ClFN2S. The molecule has 2 rings (SSSR count). The monoisotopic (exact) mass is 282 g/mol. The van der Waals surface area contributed by atoms with Gasteiger partial charge < -0.3 is 5.73 Å². The zero-order valence-electron chi connectivity index (χ0n) is 9.51. The smallest absolute Gasteiger partial charge is 0.123 e. The largest absolute Gasteiger partial charge is 0.323 e. The van der Waals surface area contributed by atoms with Crippen LogP contribution in [0.1, 0.15) is 11.6 Å². The first-order valence-corrected chi connectivity index (χ1v) is 6.77. The molecule has 18 heavy (non-hydrogen) atoms. The van der Waals surface area contributed by atoms with Crippen LogP contribution in [-0.2, 0) is 0 Å². The van der Waals surface area contributed by atoms with Gasteiger partial charge in [0.05, 0.1) is 5.02 Å². The van der Waals surface area contributed by atoms with Gasteiger partial charge in [0.15, 0.2) is 0 Å². The molecule has 1 atom stereocenters. The normalized spacial score (nSPS) is 12.4. The lowest BCUT2D eigenvalue weighted by molar-refractivity contribution is 0.622. The number of aromatic nitrogens is 1. The molecule has 0 saturated heterocycles. The second-order valence-corrected chi connectivity index (χ2v) is 5.18. The van der Waals surface area contributed by atoms with E-state index in [1.165, 1.54) is 23.9 Å². The van der Waals surface area contributed by atoms with E-state index < -0.39 is 0 Å². The SMILES string of the molecule is NC(CSc1ncccc1Cl)c1cccc(F)c1. The molecule has 0 radical (unpaired) electrons. The van der Waals surface area contributed by atoms with E-state index in [9.17, 15) is 4.39 Å². The van der Waals surface area contributed by atoms with Crippen molar-refractivity contribution < 1.29 is 4.39 Å². The molecule has 1 heterocycles. The van der Waals surface area contributed by atoms with Gasteiger partial charge >= 0.3 is 0 Å². The summed E-state index contributed by atoms with van der Waals surface area (Å²) in [5.41, 5.74) is 6.78. The van der Waals surface area contributed by atoms with Crippen LogP contribution in [0, 0.1) is 5.82 Å². The van der Waals surface area contributed by atoms with Crippen LogP contribution in [-0.4, -0.2) is 10.7 Å². The molecule has 0 aliphatic carbocycles. The summed E-state index contributed by atoms with van der Waals surface area (Å²) in [6.45, 7) is 0. The average Bonchev–Trinajstić information content (AvgIpc) is 2.37. The number of nitrogens with zero attached hydrogens (tertiary/aromatic N) is 1. The van der Waals surface area contributed by atoms with Crippen molar-refractivity contribution in [2.75, 3.05) is 5.75 Å². The Balaban J connectivity index is 2.00. The standard InChI is InChI=1S/C13H12ClFN2S/c14-11-5-2-6-17-13(11)18-8-12(16)9-3-1-4-10(15)7-9/h1-7,12H,8,16H2. The first-order valence-electron chi connectivity index (χ1n) is 5.41. The second-order valence-electron chi connectivity index (χ2n) is 3.76. The zero-order valence-corrected chi connectivity index (χ0v) is 11.1. The van der Waals surface area contributed by atoms with E-state index in [1.54, 1.807) is 24.4 Å². The lowest BCUT2D eigenvalue weighted by Crippen LogP contribution is -2.13. The van der Waals surface area contributed by atoms with Crippen molar-refractivity contribution in [3.8, 4) is 0 Å². The fraction of sp³-hybridized carbons (Fsp3) is 0.154. The van der Waals surface area contributed by atoms with Crippen LogP contribution < -0.4 is 5.73 Å². The van der Waals surface area contributed by atoms with Gasteiger partial charge in [-0.15, -0.1) is 11.8 Å². The van der Waals surface area contributed by atoms with Crippen molar-refractivity contribution >= 4 is 23.4 Å². The van der Waals surface area contributed by atoms with Crippen LogP contribution in [0.3, 0.4) is 0 Å². The second kappa shape index (κ2) is 6.18. The van der Waals surface area contributed by atoms with Crippen molar-refractivity contribution in [1.82, 2.24) is 4.98 Å². The highest BCUT2D eigenvalue weighted by molar-refractivity contribution is 7.99. The highest BCUT2D eigenvalue weighted by atomic mass is 35.5. The molecular weight excluding hydrogens is 271 g/mol. The maximum atomic E-state index is 13.1. The predicted molar refractivity (Wildman–Crippen MR) is 73.3 cm³/mol. The molecule has 1 aromatic carbocycles. The third-order valence-corrected chi connectivity index (χ3v) is 3.94. The van der Waals surface area contributed by atoms with E-state index in [1.807, 2.05) is 6.07 Å². The molecule has 2 N–H and O–H groups in total. The molecule has 1 aromatic heterocycles. The minimum atomic E-state index is -0.274. The molecule has 1 unspecified atom stereocenters. The highest BCUT2D eigenvalue weighted by Gasteiger charge is 2.09. The van der Waals surface area contributed by atoms with Crippen LogP contribution >= 0.6 is 23.4 Å². The summed E-state index contributed by atoms with van der Waals surface area (Å²) >= 11 is 7.46. The topological polar surface area (TPSA) is 38.9 Å². The van der Waals surface area contributed by atoms with Crippen LogP contribution in [0.15, 0.2) is 47.6 Å². The lowest BCUT2D eigenvalue weighted by atomic mass is 10.1. The summed E-state index contributed by atoms with van der Waals surface area (Å²) in [5, 5.41) is 1.35. The molecule has 5 heteroatoms. The highest BCUT2D eigenvalue weighted by Crippen LogP contribution is 2.27. The van der Waals surface area contributed by atoms with Crippen LogP contribution in [0.5, 0.6) is 0 Å². The fourth-order valence-electron chi connectivity index (χ4n) is 1.48. The summed E-state index contributed by atoms with van der Waals surface area (Å²) < 4.78 is 13.1. The Bertz CT molecular complexity index is 536. The summed E-state index contributed by atoms with van der Waals surface area (Å²) in [6, 6.07) is 9.63. The number of rotatable bonds is 4. The average molecular weight is 283 g/mol. The van der Waals surface area contributed by atoms with Gasteiger partial charge in [-0.2, -0.15) is 0 Å². The molecule has 0 aliphatic rings. The first-order chi connectivity index (χ1) is 8.66. The Morgan fingerprint density at radius 1 is 1.33 bits per heavy atom. The minimum absolute atomic E-state index is 0.247. The van der Waals surface area contributed by atoms with Gasteiger partial charge in [-0.3, -0.25) is 0 Å². The molecule has 2 nitrogen and oxygen atoms in total. The van der Waals surface area contributed by atoms with Gasteiger partial charge in [-0.25, -0.2) is 9.37 Å². The van der Waals surface area contributed by atoms with Gasteiger partial charge in [0.25, 0.3) is 0 Å². The van der Waals surface area contributed by atoms with Crippen molar-refractivity contribution in [3.63, 3.8) is 0 Å². The van der Waals surface area contributed by atoms with E-state index >= 15 is 0 Å².